The third-order valence-electron chi connectivity index (χ3n) is 5.75. The molecule has 4 rings (SSSR count). The summed E-state index contributed by atoms with van der Waals surface area (Å²) in [6, 6.07) is 6.47. The van der Waals surface area contributed by atoms with E-state index in [0.717, 1.165) is 6.42 Å². The normalized spacial score (nSPS) is 33.2. The number of fused-ring (bicyclic) bond motifs is 5. The molecule has 5 nitrogen and oxygen atoms in total. The first-order chi connectivity index (χ1) is 11.5. The van der Waals surface area contributed by atoms with E-state index < -0.39 is 11.4 Å². The van der Waals surface area contributed by atoms with Crippen molar-refractivity contribution in [3.63, 3.8) is 0 Å². The maximum atomic E-state index is 13.0. The molecule has 0 N–H and O–H groups in total. The van der Waals surface area contributed by atoms with Gasteiger partial charge in [-0.2, -0.15) is 0 Å². The average molecular weight is 325 g/mol. The number of imide groups is 1. The largest absolute Gasteiger partial charge is 0.462 e. The van der Waals surface area contributed by atoms with Crippen LogP contribution >= 0.6 is 0 Å². The quantitative estimate of drug-likeness (QED) is 0.487. The van der Waals surface area contributed by atoms with Crippen molar-refractivity contribution in [1.82, 2.24) is 0 Å². The van der Waals surface area contributed by atoms with Crippen molar-refractivity contribution in [2.24, 2.45) is 23.2 Å². The molecule has 1 aromatic rings. The third kappa shape index (κ3) is 1.78. The van der Waals surface area contributed by atoms with Gasteiger partial charge in [0.2, 0.25) is 11.8 Å². The maximum absolute atomic E-state index is 13.0. The molecule has 1 aliphatic heterocycles. The van der Waals surface area contributed by atoms with Crippen LogP contribution < -0.4 is 4.90 Å². The van der Waals surface area contributed by atoms with E-state index in [-0.39, 0.29) is 29.6 Å². The summed E-state index contributed by atoms with van der Waals surface area (Å²) in [5.41, 5.74) is 0.303. The Morgan fingerprint density at radius 2 is 1.96 bits per heavy atom. The van der Waals surface area contributed by atoms with Crippen LogP contribution in [0, 0.1) is 23.2 Å². The Morgan fingerprint density at radius 1 is 1.25 bits per heavy atom. The molecule has 2 fully saturated rings. The molecular formula is C19H19NO4. The molecule has 1 saturated heterocycles. The number of rotatable bonds is 3. The minimum Gasteiger partial charge on any atom is -0.462 e. The molecule has 1 aromatic carbocycles. The van der Waals surface area contributed by atoms with Crippen LogP contribution in [0.25, 0.3) is 0 Å². The summed E-state index contributed by atoms with van der Waals surface area (Å²) in [7, 11) is 0. The number of hydrogen-bond donors (Lipinski definition) is 0. The molecule has 0 unspecified atom stereocenters. The molecule has 1 heterocycles. The summed E-state index contributed by atoms with van der Waals surface area (Å²) in [6.45, 7) is 3.97. The van der Waals surface area contributed by atoms with Gasteiger partial charge in [-0.3, -0.25) is 9.59 Å². The number of anilines is 1. The molecule has 2 bridgehead atoms. The van der Waals surface area contributed by atoms with Crippen molar-refractivity contribution >= 4 is 23.5 Å². The molecule has 0 spiro atoms. The summed E-state index contributed by atoms with van der Waals surface area (Å²) < 4.78 is 4.95. The molecule has 0 radical (unpaired) electrons. The Bertz CT molecular complexity index is 766. The zero-order chi connectivity index (χ0) is 17.1. The van der Waals surface area contributed by atoms with Gasteiger partial charge in [0.15, 0.2) is 0 Å². The monoisotopic (exact) mass is 325 g/mol. The lowest BCUT2D eigenvalue weighted by Gasteiger charge is -2.28. The predicted molar refractivity (Wildman–Crippen MR) is 87.2 cm³/mol. The minimum atomic E-state index is -0.629. The molecular weight excluding hydrogens is 306 g/mol. The van der Waals surface area contributed by atoms with Crippen LogP contribution in [0.1, 0.15) is 30.6 Å². The van der Waals surface area contributed by atoms with Crippen molar-refractivity contribution < 1.29 is 19.1 Å². The first kappa shape index (κ1) is 15.1. The number of nitrogens with zero attached hydrogens (tertiary/aromatic N) is 1. The van der Waals surface area contributed by atoms with Crippen molar-refractivity contribution in [2.45, 2.75) is 20.3 Å². The fraction of sp³-hybridized carbons (Fsp3) is 0.421. The molecule has 0 aromatic heterocycles. The van der Waals surface area contributed by atoms with E-state index in [1.165, 1.54) is 4.90 Å². The fourth-order valence-electron chi connectivity index (χ4n) is 4.51. The van der Waals surface area contributed by atoms with Crippen molar-refractivity contribution in [1.29, 1.82) is 0 Å². The number of carbonyl (C=O) groups excluding carboxylic acids is 3. The molecule has 1 saturated carbocycles. The number of ether oxygens (including phenoxy) is 1. The maximum Gasteiger partial charge on any atom is 0.338 e. The Kier molecular flexibility index (Phi) is 3.17. The van der Waals surface area contributed by atoms with E-state index in [9.17, 15) is 14.4 Å². The number of amides is 2. The second-order valence-electron chi connectivity index (χ2n) is 6.90. The second kappa shape index (κ2) is 5.03. The van der Waals surface area contributed by atoms with Gasteiger partial charge in [0.25, 0.3) is 0 Å². The highest BCUT2D eigenvalue weighted by Gasteiger charge is 2.67. The third-order valence-corrected chi connectivity index (χ3v) is 5.75. The summed E-state index contributed by atoms with van der Waals surface area (Å²) in [6.07, 6.45) is 5.06. The highest BCUT2D eigenvalue weighted by atomic mass is 16.5. The van der Waals surface area contributed by atoms with E-state index in [1.54, 1.807) is 31.2 Å². The van der Waals surface area contributed by atoms with Crippen LogP contribution in [0.2, 0.25) is 0 Å². The Labute approximate surface area is 140 Å². The number of allylic oxidation sites excluding steroid dienone is 2. The van der Waals surface area contributed by atoms with Crippen LogP contribution in [-0.4, -0.2) is 24.4 Å². The number of carbonyl (C=O) groups is 3. The number of benzene rings is 1. The van der Waals surface area contributed by atoms with Gasteiger partial charge in [0.05, 0.1) is 29.2 Å². The van der Waals surface area contributed by atoms with Gasteiger partial charge in [-0.15, -0.1) is 0 Å². The van der Waals surface area contributed by atoms with Crippen LogP contribution in [0.3, 0.4) is 0 Å². The SMILES string of the molecule is CCOC(=O)c1ccc(N2C(=O)[C@@H]3[C@@H]4C=C[C@H](C4)[C@]3(C)C2=O)cc1. The topological polar surface area (TPSA) is 63.7 Å². The summed E-state index contributed by atoms with van der Waals surface area (Å²) in [5.74, 6) is -0.603. The van der Waals surface area contributed by atoms with Gasteiger partial charge in [-0.1, -0.05) is 12.2 Å². The Balaban J connectivity index is 1.65. The van der Waals surface area contributed by atoms with Crippen LogP contribution in [-0.2, 0) is 14.3 Å². The first-order valence-electron chi connectivity index (χ1n) is 8.32. The van der Waals surface area contributed by atoms with Crippen molar-refractivity contribution in [3.8, 4) is 0 Å². The van der Waals surface area contributed by atoms with E-state index >= 15 is 0 Å². The average Bonchev–Trinajstić information content (AvgIpc) is 3.20. The highest BCUT2D eigenvalue weighted by Crippen LogP contribution is 2.60. The molecule has 4 atom stereocenters. The molecule has 124 valence electrons. The van der Waals surface area contributed by atoms with Gasteiger partial charge in [-0.05, 0) is 56.4 Å². The van der Waals surface area contributed by atoms with Gasteiger partial charge in [0, 0.05) is 0 Å². The van der Waals surface area contributed by atoms with E-state index in [2.05, 4.69) is 12.2 Å². The van der Waals surface area contributed by atoms with Gasteiger partial charge in [0.1, 0.15) is 0 Å². The standard InChI is InChI=1S/C19H19NO4/c1-3-24-17(22)11-5-8-14(9-6-11)20-16(21)15-12-4-7-13(10-12)19(15,2)18(20)23/h4-9,12-13,15H,3,10H2,1-2H3/t12-,13-,15+,19+/m1/s1. The van der Waals surface area contributed by atoms with E-state index in [4.69, 9.17) is 4.74 Å². The summed E-state index contributed by atoms with van der Waals surface area (Å²) in [4.78, 5) is 38.9. The van der Waals surface area contributed by atoms with Crippen molar-refractivity contribution in [3.05, 3.63) is 42.0 Å². The summed E-state index contributed by atoms with van der Waals surface area (Å²) in [5, 5.41) is 0. The van der Waals surface area contributed by atoms with E-state index in [0.29, 0.717) is 17.9 Å². The smallest absolute Gasteiger partial charge is 0.338 e. The van der Waals surface area contributed by atoms with E-state index in [1.807, 2.05) is 6.92 Å². The number of hydrogen-bond acceptors (Lipinski definition) is 4. The lowest BCUT2D eigenvalue weighted by atomic mass is 9.71. The first-order valence-corrected chi connectivity index (χ1v) is 8.32. The lowest BCUT2D eigenvalue weighted by Crippen LogP contribution is -2.37. The lowest BCUT2D eigenvalue weighted by molar-refractivity contribution is -0.127. The van der Waals surface area contributed by atoms with Crippen LogP contribution in [0.15, 0.2) is 36.4 Å². The number of esters is 1. The predicted octanol–water partition coefficient (Wildman–Crippen LogP) is 2.56. The van der Waals surface area contributed by atoms with Gasteiger partial charge < -0.3 is 4.74 Å². The van der Waals surface area contributed by atoms with Crippen molar-refractivity contribution in [2.75, 3.05) is 11.5 Å². The zero-order valence-corrected chi connectivity index (χ0v) is 13.7. The second-order valence-corrected chi connectivity index (χ2v) is 6.90. The van der Waals surface area contributed by atoms with Crippen LogP contribution in [0.4, 0.5) is 5.69 Å². The van der Waals surface area contributed by atoms with Gasteiger partial charge >= 0.3 is 5.97 Å². The zero-order valence-electron chi connectivity index (χ0n) is 13.7. The van der Waals surface area contributed by atoms with Crippen LogP contribution in [0.5, 0.6) is 0 Å². The highest BCUT2D eigenvalue weighted by molar-refractivity contribution is 6.24. The Morgan fingerprint density at radius 3 is 2.58 bits per heavy atom. The Hall–Kier alpha value is -2.43. The van der Waals surface area contributed by atoms with Gasteiger partial charge in [-0.25, -0.2) is 9.69 Å². The summed E-state index contributed by atoms with van der Waals surface area (Å²) >= 11 is 0. The molecule has 3 aliphatic rings. The minimum absolute atomic E-state index is 0.122. The molecule has 2 amide bonds. The molecule has 24 heavy (non-hydrogen) atoms. The fourth-order valence-corrected chi connectivity index (χ4v) is 4.51. The molecule has 2 aliphatic carbocycles. The molecule has 5 heteroatoms.